The van der Waals surface area contributed by atoms with Gasteiger partial charge in [0, 0.05) is 17.4 Å². The van der Waals surface area contributed by atoms with Crippen LogP contribution in [0, 0.1) is 0 Å². The van der Waals surface area contributed by atoms with Gasteiger partial charge in [0.1, 0.15) is 5.83 Å². The van der Waals surface area contributed by atoms with Crippen LogP contribution in [-0.4, -0.2) is 5.97 Å². The Kier molecular flexibility index (Phi) is 16.4. The molecule has 0 atom stereocenters. The van der Waals surface area contributed by atoms with E-state index in [0.29, 0.717) is 25.7 Å². The van der Waals surface area contributed by atoms with E-state index in [1.807, 2.05) is 24.3 Å². The Bertz CT molecular complexity index is 423. The van der Waals surface area contributed by atoms with Crippen LogP contribution in [0.15, 0.2) is 48.4 Å². The highest BCUT2D eigenvalue weighted by atomic mass is 19.3. The van der Waals surface area contributed by atoms with Crippen molar-refractivity contribution >= 4 is 5.97 Å². The number of carbonyl (C=O) groups excluding carboxylic acids is 1. The summed E-state index contributed by atoms with van der Waals surface area (Å²) in [6, 6.07) is 0. The van der Waals surface area contributed by atoms with Crippen molar-refractivity contribution in [2.45, 2.75) is 71.1 Å². The van der Waals surface area contributed by atoms with Gasteiger partial charge in [0.15, 0.2) is 0 Å². The number of unbranched alkanes of at least 4 members (excludes halogenated alkanes) is 4. The molecule has 0 saturated carbocycles. The normalized spacial score (nSPS) is 12.7. The van der Waals surface area contributed by atoms with Crippen LogP contribution in [0.3, 0.4) is 0 Å². The van der Waals surface area contributed by atoms with Gasteiger partial charge < -0.3 is 0 Å². The number of rotatable bonds is 14. The lowest BCUT2D eigenvalue weighted by atomic mass is 10.2. The van der Waals surface area contributed by atoms with Crippen LogP contribution in [0.25, 0.3) is 0 Å². The van der Waals surface area contributed by atoms with Gasteiger partial charge in [-0.2, -0.15) is 0 Å². The van der Waals surface area contributed by atoms with E-state index in [1.54, 1.807) is 0 Å². The van der Waals surface area contributed by atoms with Crippen molar-refractivity contribution in [1.29, 1.82) is 0 Å². The molecule has 0 unspecified atom stereocenters. The summed E-state index contributed by atoms with van der Waals surface area (Å²) >= 11 is 0. The highest BCUT2D eigenvalue weighted by molar-refractivity contribution is 5.68. The lowest BCUT2D eigenvalue weighted by molar-refractivity contribution is -0.183. The third-order valence-electron chi connectivity index (χ3n) is 3.37. The molecule has 24 heavy (non-hydrogen) atoms. The molecule has 0 heterocycles. The molecule has 0 aromatic heterocycles. The second-order valence-electron chi connectivity index (χ2n) is 5.58. The van der Waals surface area contributed by atoms with Crippen molar-refractivity contribution in [2.24, 2.45) is 0 Å². The van der Waals surface area contributed by atoms with Gasteiger partial charge in [-0.25, -0.2) is 9.18 Å². The maximum Gasteiger partial charge on any atom is 0.348 e. The molecule has 0 rings (SSSR count). The minimum atomic E-state index is -0.850. The quantitative estimate of drug-likeness (QED) is 0.255. The zero-order valence-corrected chi connectivity index (χ0v) is 14.7. The summed E-state index contributed by atoms with van der Waals surface area (Å²) in [4.78, 5) is 13.6. The molecule has 0 fully saturated rings. The predicted octanol–water partition coefficient (Wildman–Crippen LogP) is 6.86. The first-order chi connectivity index (χ1) is 11.7. The molecule has 0 spiro atoms. The summed E-state index contributed by atoms with van der Waals surface area (Å²) in [5, 5.41) is 0. The Hall–Kier alpha value is -1.71. The standard InChI is InChI=1S/C20H30F2O2/c1-2-3-4-5-6-7-8-10-13-16-19(21)17-14-11-9-12-15-18-20(23)24-22/h6-7,9-11,13,17H,2-5,8,12,14-16,18H2,1H3. The molecule has 2 nitrogen and oxygen atoms in total. The first-order valence-electron chi connectivity index (χ1n) is 8.81. The van der Waals surface area contributed by atoms with E-state index in [-0.39, 0.29) is 12.2 Å². The first kappa shape index (κ1) is 22.3. The van der Waals surface area contributed by atoms with E-state index in [1.165, 1.54) is 25.3 Å². The minimum absolute atomic E-state index is 0.0584. The average molecular weight is 340 g/mol. The number of allylic oxidation sites excluding steroid dienone is 8. The van der Waals surface area contributed by atoms with Crippen molar-refractivity contribution in [3.63, 3.8) is 0 Å². The molecular formula is C20H30F2O2. The van der Waals surface area contributed by atoms with E-state index in [2.05, 4.69) is 24.0 Å². The monoisotopic (exact) mass is 340 g/mol. The van der Waals surface area contributed by atoms with Crippen LogP contribution in [0.4, 0.5) is 8.92 Å². The SMILES string of the molecule is CCCCCC=CCC=CCC(F)=CCC=CCCCC(=O)OF. The Labute approximate surface area is 144 Å². The summed E-state index contributed by atoms with van der Waals surface area (Å²) in [5.41, 5.74) is 0. The van der Waals surface area contributed by atoms with E-state index in [4.69, 9.17) is 0 Å². The van der Waals surface area contributed by atoms with E-state index in [9.17, 15) is 13.7 Å². The zero-order valence-electron chi connectivity index (χ0n) is 14.7. The second-order valence-corrected chi connectivity index (χ2v) is 5.58. The molecule has 0 aromatic rings. The molecule has 0 amide bonds. The predicted molar refractivity (Wildman–Crippen MR) is 95.7 cm³/mol. The summed E-state index contributed by atoms with van der Waals surface area (Å²) in [6.45, 7) is 2.19. The van der Waals surface area contributed by atoms with Crippen LogP contribution >= 0.6 is 0 Å². The number of hydrogen-bond donors (Lipinski definition) is 0. The van der Waals surface area contributed by atoms with Crippen molar-refractivity contribution < 1.29 is 18.7 Å². The fraction of sp³-hybridized carbons (Fsp3) is 0.550. The molecule has 0 bridgehead atoms. The minimum Gasteiger partial charge on any atom is -0.255 e. The molecule has 0 aliphatic heterocycles. The number of halogens is 2. The first-order valence-corrected chi connectivity index (χ1v) is 8.81. The molecule has 0 aromatic carbocycles. The maximum absolute atomic E-state index is 13.5. The maximum atomic E-state index is 13.5. The molecular weight excluding hydrogens is 310 g/mol. The van der Waals surface area contributed by atoms with Crippen molar-refractivity contribution in [2.75, 3.05) is 0 Å². The van der Waals surface area contributed by atoms with Crippen LogP contribution in [0.5, 0.6) is 0 Å². The molecule has 0 radical (unpaired) electrons. The lowest BCUT2D eigenvalue weighted by Gasteiger charge is -1.93. The highest BCUT2D eigenvalue weighted by Gasteiger charge is 2.00. The van der Waals surface area contributed by atoms with Gasteiger partial charge in [-0.1, -0.05) is 56.2 Å². The molecule has 0 saturated heterocycles. The summed E-state index contributed by atoms with van der Waals surface area (Å²) in [6.07, 6.45) is 21.1. The second kappa shape index (κ2) is 17.6. The van der Waals surface area contributed by atoms with Gasteiger partial charge in [0.25, 0.3) is 0 Å². The van der Waals surface area contributed by atoms with Gasteiger partial charge in [0.05, 0.1) is 0 Å². The Balaban J connectivity index is 3.65. The van der Waals surface area contributed by atoms with Crippen molar-refractivity contribution in [3.05, 3.63) is 48.4 Å². The number of hydrogen-bond acceptors (Lipinski definition) is 2. The fourth-order valence-electron chi connectivity index (χ4n) is 1.99. The largest absolute Gasteiger partial charge is 0.348 e. The van der Waals surface area contributed by atoms with Gasteiger partial charge in [-0.15, -0.1) is 0 Å². The summed E-state index contributed by atoms with van der Waals surface area (Å²) in [5.74, 6) is -0.999. The van der Waals surface area contributed by atoms with Crippen molar-refractivity contribution in [3.8, 4) is 0 Å². The Morgan fingerprint density at radius 3 is 2.29 bits per heavy atom. The zero-order chi connectivity index (χ0) is 17.9. The molecule has 0 N–H and O–H groups in total. The Morgan fingerprint density at radius 1 is 0.917 bits per heavy atom. The third kappa shape index (κ3) is 16.7. The molecule has 136 valence electrons. The van der Waals surface area contributed by atoms with E-state index < -0.39 is 5.97 Å². The fourth-order valence-corrected chi connectivity index (χ4v) is 1.99. The highest BCUT2D eigenvalue weighted by Crippen LogP contribution is 2.07. The Morgan fingerprint density at radius 2 is 1.58 bits per heavy atom. The van der Waals surface area contributed by atoms with Crippen LogP contribution in [0.2, 0.25) is 0 Å². The van der Waals surface area contributed by atoms with Crippen LogP contribution < -0.4 is 0 Å². The van der Waals surface area contributed by atoms with Crippen LogP contribution in [0.1, 0.15) is 71.1 Å². The van der Waals surface area contributed by atoms with Gasteiger partial charge in [0.2, 0.25) is 0 Å². The molecule has 0 aliphatic carbocycles. The van der Waals surface area contributed by atoms with E-state index >= 15 is 0 Å². The van der Waals surface area contributed by atoms with Crippen molar-refractivity contribution in [1.82, 2.24) is 0 Å². The van der Waals surface area contributed by atoms with Gasteiger partial charge in [-0.3, -0.25) is 4.94 Å². The summed E-state index contributed by atoms with van der Waals surface area (Å²) in [7, 11) is 0. The topological polar surface area (TPSA) is 26.3 Å². The molecule has 4 heteroatoms. The smallest absolute Gasteiger partial charge is 0.255 e. The number of carbonyl (C=O) groups is 1. The van der Waals surface area contributed by atoms with Gasteiger partial charge >= 0.3 is 5.97 Å². The molecule has 0 aliphatic rings. The third-order valence-corrected chi connectivity index (χ3v) is 3.37. The summed E-state index contributed by atoms with van der Waals surface area (Å²) < 4.78 is 24.9. The average Bonchev–Trinajstić information content (AvgIpc) is 2.59. The lowest BCUT2D eigenvalue weighted by Crippen LogP contribution is -1.95. The van der Waals surface area contributed by atoms with Crippen LogP contribution in [-0.2, 0) is 9.74 Å². The van der Waals surface area contributed by atoms with E-state index in [0.717, 1.165) is 12.8 Å². The van der Waals surface area contributed by atoms with Gasteiger partial charge in [-0.05, 0) is 44.6 Å².